The lowest BCUT2D eigenvalue weighted by Crippen LogP contribution is -2.38. The highest BCUT2D eigenvalue weighted by Crippen LogP contribution is 2.22. The van der Waals surface area contributed by atoms with Crippen molar-refractivity contribution in [2.24, 2.45) is 0 Å². The number of halogens is 2. The van der Waals surface area contributed by atoms with Gasteiger partial charge < -0.3 is 15.4 Å². The molecule has 0 saturated carbocycles. The zero-order valence-corrected chi connectivity index (χ0v) is 13.3. The van der Waals surface area contributed by atoms with Crippen molar-refractivity contribution in [2.45, 2.75) is 6.42 Å². The average Bonchev–Trinajstić information content (AvgIpc) is 2.48. The number of nitrogens with one attached hydrogen (secondary N) is 2. The number of benzene rings is 1. The Balaban J connectivity index is 1.65. The molecule has 1 fully saturated rings. The minimum absolute atomic E-state index is 0.288. The molecule has 1 saturated heterocycles. The van der Waals surface area contributed by atoms with E-state index in [1.54, 1.807) is 0 Å². The van der Waals surface area contributed by atoms with Crippen LogP contribution in [0.4, 0.5) is 14.9 Å². The number of ether oxygens (including phenoxy) is 1. The Kier molecular flexibility index (Phi) is 6.41. The van der Waals surface area contributed by atoms with Crippen LogP contribution in [-0.4, -0.2) is 50.3 Å². The number of hydrogen-bond acceptors (Lipinski definition) is 3. The van der Waals surface area contributed by atoms with E-state index < -0.39 is 0 Å². The number of morpholine rings is 1. The van der Waals surface area contributed by atoms with Crippen LogP contribution in [0.2, 0.25) is 0 Å². The summed E-state index contributed by atoms with van der Waals surface area (Å²) in [5.74, 6) is -0.349. The lowest BCUT2D eigenvalue weighted by Gasteiger charge is -2.26. The van der Waals surface area contributed by atoms with Gasteiger partial charge in [0.15, 0.2) is 0 Å². The second-order valence-electron chi connectivity index (χ2n) is 4.81. The SMILES string of the molecule is O=C(NCCCN1CCOCC1)Nc1ccc(F)cc1Br. The molecule has 1 heterocycles. The minimum atomic E-state index is -0.349. The molecular weight excluding hydrogens is 341 g/mol. The summed E-state index contributed by atoms with van der Waals surface area (Å²) in [4.78, 5) is 14.0. The molecule has 1 aromatic carbocycles. The van der Waals surface area contributed by atoms with Gasteiger partial charge in [-0.1, -0.05) is 0 Å². The van der Waals surface area contributed by atoms with Crippen molar-refractivity contribution in [1.82, 2.24) is 10.2 Å². The van der Waals surface area contributed by atoms with Gasteiger partial charge in [-0.05, 0) is 47.1 Å². The largest absolute Gasteiger partial charge is 0.379 e. The molecule has 0 aromatic heterocycles. The monoisotopic (exact) mass is 359 g/mol. The van der Waals surface area contributed by atoms with E-state index in [0.717, 1.165) is 39.3 Å². The van der Waals surface area contributed by atoms with Crippen molar-refractivity contribution < 1.29 is 13.9 Å². The molecular formula is C14H19BrFN3O2. The highest BCUT2D eigenvalue weighted by atomic mass is 79.9. The van der Waals surface area contributed by atoms with E-state index in [1.165, 1.54) is 18.2 Å². The first-order valence-electron chi connectivity index (χ1n) is 6.95. The third-order valence-electron chi connectivity index (χ3n) is 3.22. The van der Waals surface area contributed by atoms with E-state index in [9.17, 15) is 9.18 Å². The summed E-state index contributed by atoms with van der Waals surface area (Å²) in [6, 6.07) is 3.85. The number of rotatable bonds is 5. The summed E-state index contributed by atoms with van der Waals surface area (Å²) in [7, 11) is 0. The fraction of sp³-hybridized carbons (Fsp3) is 0.500. The van der Waals surface area contributed by atoms with Crippen LogP contribution in [0.3, 0.4) is 0 Å². The lowest BCUT2D eigenvalue weighted by atomic mass is 10.3. The summed E-state index contributed by atoms with van der Waals surface area (Å²) in [6.07, 6.45) is 0.887. The van der Waals surface area contributed by atoms with Gasteiger partial charge in [0.05, 0.1) is 18.9 Å². The van der Waals surface area contributed by atoms with Crippen molar-refractivity contribution in [1.29, 1.82) is 0 Å². The number of carbonyl (C=O) groups is 1. The summed E-state index contributed by atoms with van der Waals surface area (Å²) in [6.45, 7) is 5.02. The number of hydrogen-bond donors (Lipinski definition) is 2. The van der Waals surface area contributed by atoms with Crippen molar-refractivity contribution >= 4 is 27.6 Å². The highest BCUT2D eigenvalue weighted by Gasteiger charge is 2.10. The smallest absolute Gasteiger partial charge is 0.319 e. The van der Waals surface area contributed by atoms with Crippen molar-refractivity contribution in [2.75, 3.05) is 44.7 Å². The van der Waals surface area contributed by atoms with E-state index in [2.05, 4.69) is 31.5 Å². The van der Waals surface area contributed by atoms with Crippen LogP contribution in [0.15, 0.2) is 22.7 Å². The zero-order valence-electron chi connectivity index (χ0n) is 11.7. The van der Waals surface area contributed by atoms with E-state index in [0.29, 0.717) is 16.7 Å². The molecule has 2 amide bonds. The Morgan fingerprint density at radius 2 is 2.14 bits per heavy atom. The number of urea groups is 1. The normalized spacial score (nSPS) is 15.7. The van der Waals surface area contributed by atoms with Gasteiger partial charge in [0, 0.05) is 24.1 Å². The van der Waals surface area contributed by atoms with Crippen LogP contribution in [0, 0.1) is 5.82 Å². The third kappa shape index (κ3) is 5.61. The Hall–Kier alpha value is -1.18. The van der Waals surface area contributed by atoms with Gasteiger partial charge in [0.2, 0.25) is 0 Å². The van der Waals surface area contributed by atoms with Crippen LogP contribution < -0.4 is 10.6 Å². The molecule has 5 nitrogen and oxygen atoms in total. The van der Waals surface area contributed by atoms with Gasteiger partial charge in [-0.3, -0.25) is 4.90 Å². The second-order valence-corrected chi connectivity index (χ2v) is 5.67. The van der Waals surface area contributed by atoms with Crippen LogP contribution >= 0.6 is 15.9 Å². The first-order chi connectivity index (χ1) is 10.1. The maximum Gasteiger partial charge on any atom is 0.319 e. The fourth-order valence-electron chi connectivity index (χ4n) is 2.09. The van der Waals surface area contributed by atoms with Crippen LogP contribution in [0.1, 0.15) is 6.42 Å². The Morgan fingerprint density at radius 1 is 1.38 bits per heavy atom. The summed E-state index contributed by atoms with van der Waals surface area (Å²) >= 11 is 3.21. The van der Waals surface area contributed by atoms with E-state index in [1.807, 2.05) is 0 Å². The summed E-state index contributed by atoms with van der Waals surface area (Å²) in [5.41, 5.74) is 0.544. The van der Waals surface area contributed by atoms with E-state index >= 15 is 0 Å². The molecule has 1 aliphatic heterocycles. The Labute approximate surface area is 132 Å². The molecule has 1 aliphatic rings. The molecule has 2 rings (SSSR count). The van der Waals surface area contributed by atoms with Crippen LogP contribution in [0.5, 0.6) is 0 Å². The molecule has 7 heteroatoms. The van der Waals surface area contributed by atoms with Crippen LogP contribution in [0.25, 0.3) is 0 Å². The molecule has 116 valence electrons. The Bertz CT molecular complexity index is 481. The highest BCUT2D eigenvalue weighted by molar-refractivity contribution is 9.10. The summed E-state index contributed by atoms with van der Waals surface area (Å²) < 4.78 is 18.7. The molecule has 0 spiro atoms. The molecule has 0 atom stereocenters. The Morgan fingerprint density at radius 3 is 2.86 bits per heavy atom. The number of anilines is 1. The molecule has 21 heavy (non-hydrogen) atoms. The van der Waals surface area contributed by atoms with Crippen molar-refractivity contribution in [3.63, 3.8) is 0 Å². The van der Waals surface area contributed by atoms with Crippen molar-refractivity contribution in [3.05, 3.63) is 28.5 Å². The van der Waals surface area contributed by atoms with Gasteiger partial charge in [-0.15, -0.1) is 0 Å². The molecule has 2 N–H and O–H groups in total. The topological polar surface area (TPSA) is 53.6 Å². The van der Waals surface area contributed by atoms with Gasteiger partial charge in [-0.2, -0.15) is 0 Å². The van der Waals surface area contributed by atoms with E-state index in [-0.39, 0.29) is 11.8 Å². The first kappa shape index (κ1) is 16.2. The van der Waals surface area contributed by atoms with Gasteiger partial charge >= 0.3 is 6.03 Å². The average molecular weight is 360 g/mol. The lowest BCUT2D eigenvalue weighted by molar-refractivity contribution is 0.0375. The number of nitrogens with zero attached hydrogens (tertiary/aromatic N) is 1. The van der Waals surface area contributed by atoms with Gasteiger partial charge in [0.1, 0.15) is 5.82 Å². The van der Waals surface area contributed by atoms with Crippen LogP contribution in [-0.2, 0) is 4.74 Å². The molecule has 1 aromatic rings. The quantitative estimate of drug-likeness (QED) is 0.793. The first-order valence-corrected chi connectivity index (χ1v) is 7.74. The van der Waals surface area contributed by atoms with Crippen molar-refractivity contribution in [3.8, 4) is 0 Å². The number of carbonyl (C=O) groups excluding carboxylic acids is 1. The second kappa shape index (κ2) is 8.31. The predicted octanol–water partition coefficient (Wildman–Crippen LogP) is 2.43. The van der Waals surface area contributed by atoms with E-state index in [4.69, 9.17) is 4.74 Å². The zero-order chi connectivity index (χ0) is 15.1. The minimum Gasteiger partial charge on any atom is -0.379 e. The summed E-state index contributed by atoms with van der Waals surface area (Å²) in [5, 5.41) is 5.47. The molecule has 0 unspecified atom stereocenters. The predicted molar refractivity (Wildman–Crippen MR) is 83.0 cm³/mol. The maximum atomic E-state index is 12.9. The maximum absolute atomic E-state index is 12.9. The standard InChI is InChI=1S/C14H19BrFN3O2/c15-12-10-11(16)2-3-13(12)18-14(20)17-4-1-5-19-6-8-21-9-7-19/h2-3,10H,1,4-9H2,(H2,17,18,20). The van der Waals surface area contributed by atoms with Gasteiger partial charge in [0.25, 0.3) is 0 Å². The number of amides is 2. The van der Waals surface area contributed by atoms with Gasteiger partial charge in [-0.25, -0.2) is 9.18 Å². The third-order valence-corrected chi connectivity index (χ3v) is 3.88. The molecule has 0 radical (unpaired) electrons. The molecule has 0 bridgehead atoms. The molecule has 0 aliphatic carbocycles. The fourth-order valence-corrected chi connectivity index (χ4v) is 2.54.